The lowest BCUT2D eigenvalue weighted by Gasteiger charge is -2.05. The van der Waals surface area contributed by atoms with E-state index in [2.05, 4.69) is 37.4 Å². The molecule has 7 heteroatoms. The van der Waals surface area contributed by atoms with Gasteiger partial charge >= 0.3 is 0 Å². The summed E-state index contributed by atoms with van der Waals surface area (Å²) in [6.45, 7) is 8.22. The Kier molecular flexibility index (Phi) is 2.86. The molecule has 1 aromatic rings. The van der Waals surface area contributed by atoms with E-state index in [-0.39, 0.29) is 25.5 Å². The normalized spacial score (nSPS) is 22.6. The van der Waals surface area contributed by atoms with Crippen molar-refractivity contribution in [1.82, 2.24) is 9.71 Å². The van der Waals surface area contributed by atoms with Crippen LogP contribution in [0.3, 0.4) is 0 Å². The summed E-state index contributed by atoms with van der Waals surface area (Å²) < 4.78 is 27.3. The lowest BCUT2D eigenvalue weighted by molar-refractivity contribution is 0.457. The second-order valence-electron chi connectivity index (χ2n) is 5.43. The Labute approximate surface area is 110 Å². The van der Waals surface area contributed by atoms with Gasteiger partial charge in [-0.1, -0.05) is 50.6 Å². The summed E-state index contributed by atoms with van der Waals surface area (Å²) >= 11 is 6.61. The summed E-state index contributed by atoms with van der Waals surface area (Å²) in [7, 11) is -3.50. The summed E-state index contributed by atoms with van der Waals surface area (Å²) in [4.78, 5) is 3.75. The number of hydrogen-bond acceptors (Lipinski definition) is 4. The van der Waals surface area contributed by atoms with E-state index in [4.69, 9.17) is 11.6 Å². The van der Waals surface area contributed by atoms with Crippen molar-refractivity contribution in [3.8, 4) is 0 Å². The van der Waals surface area contributed by atoms with Gasteiger partial charge in [-0.2, -0.15) is 0 Å². The number of nitrogens with zero attached hydrogens (tertiary/aromatic N) is 1. The molecule has 0 saturated heterocycles. The summed E-state index contributed by atoms with van der Waals surface area (Å²) in [5, 5.41) is 0. The summed E-state index contributed by atoms with van der Waals surface area (Å²) in [5.74, 6) is 0. The quantitative estimate of drug-likeness (QED) is 0.932. The van der Waals surface area contributed by atoms with Crippen LogP contribution in [0.1, 0.15) is 27.7 Å². The fraction of sp³-hybridized carbons (Fsp3) is 0.700. The molecule has 4 nitrogen and oxygen atoms in total. The first kappa shape index (κ1) is 13.3. The monoisotopic (exact) mass is 294 g/mol. The van der Waals surface area contributed by atoms with Gasteiger partial charge in [-0.25, -0.2) is 18.1 Å². The zero-order chi connectivity index (χ0) is 13.1. The summed E-state index contributed by atoms with van der Waals surface area (Å²) in [6, 6.07) is -0.0547. The van der Waals surface area contributed by atoms with Gasteiger partial charge in [-0.15, -0.1) is 0 Å². The number of hydrogen-bond donors (Lipinski definition) is 1. The number of thiazole rings is 1. The Balaban J connectivity index is 2.21. The van der Waals surface area contributed by atoms with Crippen LogP contribution < -0.4 is 4.72 Å². The van der Waals surface area contributed by atoms with Crippen molar-refractivity contribution in [2.45, 2.75) is 37.9 Å². The number of sulfonamides is 1. The van der Waals surface area contributed by atoms with Crippen LogP contribution in [0.2, 0.25) is 4.47 Å². The smallest absolute Gasteiger partial charge is 0.232 e. The predicted molar refractivity (Wildman–Crippen MR) is 68.8 cm³/mol. The highest BCUT2D eigenvalue weighted by molar-refractivity contribution is 7.91. The summed E-state index contributed by atoms with van der Waals surface area (Å²) in [5.41, 5.74) is -0.0664. The van der Waals surface area contributed by atoms with Crippen molar-refractivity contribution in [2.24, 2.45) is 10.8 Å². The first-order chi connectivity index (χ1) is 7.59. The van der Waals surface area contributed by atoms with Crippen LogP contribution >= 0.6 is 22.9 Å². The molecule has 17 heavy (non-hydrogen) atoms. The molecule has 0 atom stereocenters. The van der Waals surface area contributed by atoms with Gasteiger partial charge in [-0.3, -0.25) is 0 Å². The van der Waals surface area contributed by atoms with Crippen molar-refractivity contribution in [3.63, 3.8) is 0 Å². The topological polar surface area (TPSA) is 59.1 Å². The molecule has 0 amide bonds. The second kappa shape index (κ2) is 3.66. The number of nitrogens with one attached hydrogen (secondary N) is 1. The Morgan fingerprint density at radius 2 is 1.88 bits per heavy atom. The minimum atomic E-state index is -3.50. The molecule has 0 spiro atoms. The maximum absolute atomic E-state index is 12.1. The molecule has 1 heterocycles. The third-order valence-corrected chi connectivity index (χ3v) is 7.01. The molecule has 0 bridgehead atoms. The minimum Gasteiger partial charge on any atom is -0.232 e. The van der Waals surface area contributed by atoms with Crippen LogP contribution in [-0.4, -0.2) is 19.4 Å². The van der Waals surface area contributed by atoms with E-state index in [9.17, 15) is 8.42 Å². The van der Waals surface area contributed by atoms with Gasteiger partial charge in [0.25, 0.3) is 10.0 Å². The van der Waals surface area contributed by atoms with Crippen LogP contribution in [0.5, 0.6) is 0 Å². The molecule has 1 saturated carbocycles. The molecular weight excluding hydrogens is 280 g/mol. The maximum Gasteiger partial charge on any atom is 0.252 e. The summed E-state index contributed by atoms with van der Waals surface area (Å²) in [6.07, 6.45) is 1.29. The third-order valence-electron chi connectivity index (χ3n) is 4.01. The van der Waals surface area contributed by atoms with Gasteiger partial charge in [0, 0.05) is 6.04 Å². The average Bonchev–Trinajstić information content (AvgIpc) is 2.59. The van der Waals surface area contributed by atoms with E-state index in [1.807, 2.05) is 0 Å². The third kappa shape index (κ3) is 2.01. The Morgan fingerprint density at radius 3 is 2.24 bits per heavy atom. The molecule has 0 radical (unpaired) electrons. The van der Waals surface area contributed by atoms with E-state index >= 15 is 0 Å². The zero-order valence-corrected chi connectivity index (χ0v) is 12.5. The molecule has 2 rings (SSSR count). The maximum atomic E-state index is 12.1. The zero-order valence-electron chi connectivity index (χ0n) is 10.1. The largest absolute Gasteiger partial charge is 0.252 e. The van der Waals surface area contributed by atoms with Gasteiger partial charge < -0.3 is 0 Å². The van der Waals surface area contributed by atoms with E-state index in [1.165, 1.54) is 6.20 Å². The molecule has 1 N–H and O–H groups in total. The highest BCUT2D eigenvalue weighted by Gasteiger charge is 2.66. The van der Waals surface area contributed by atoms with Gasteiger partial charge in [0.1, 0.15) is 0 Å². The predicted octanol–water partition coefficient (Wildman–Crippen LogP) is 2.51. The Bertz CT molecular complexity index is 534. The molecule has 1 aromatic heterocycles. The molecule has 0 aromatic carbocycles. The van der Waals surface area contributed by atoms with Crippen molar-refractivity contribution in [3.05, 3.63) is 10.7 Å². The first-order valence-electron chi connectivity index (χ1n) is 5.23. The molecule has 1 aliphatic carbocycles. The average molecular weight is 295 g/mol. The van der Waals surface area contributed by atoms with Crippen molar-refractivity contribution in [2.75, 3.05) is 0 Å². The molecule has 0 aliphatic heterocycles. The fourth-order valence-corrected chi connectivity index (χ4v) is 4.91. The van der Waals surface area contributed by atoms with Gasteiger partial charge in [-0.05, 0) is 10.8 Å². The van der Waals surface area contributed by atoms with Gasteiger partial charge in [0.15, 0.2) is 8.68 Å². The van der Waals surface area contributed by atoms with Gasteiger partial charge in [0.05, 0.1) is 6.20 Å². The lowest BCUT2D eigenvalue weighted by atomic mass is 10.0. The van der Waals surface area contributed by atoms with Crippen molar-refractivity contribution < 1.29 is 8.42 Å². The van der Waals surface area contributed by atoms with E-state index in [1.54, 1.807) is 0 Å². The lowest BCUT2D eigenvalue weighted by Crippen LogP contribution is -2.29. The van der Waals surface area contributed by atoms with Crippen LogP contribution in [0, 0.1) is 10.8 Å². The standard InChI is InChI=1S/C10H15ClN2O2S2/c1-9(2)7(10(9,3)4)13-17(14,15)6-5-12-8(11)16-6/h5,7,13H,1-4H3. The van der Waals surface area contributed by atoms with Crippen LogP contribution in [0.4, 0.5) is 0 Å². The van der Waals surface area contributed by atoms with E-state index < -0.39 is 10.0 Å². The number of rotatable bonds is 3. The van der Waals surface area contributed by atoms with Crippen molar-refractivity contribution >= 4 is 33.0 Å². The molecular formula is C10H15ClN2O2S2. The van der Waals surface area contributed by atoms with Gasteiger partial charge in [0.2, 0.25) is 0 Å². The Morgan fingerprint density at radius 1 is 1.35 bits per heavy atom. The molecule has 1 aliphatic rings. The Hall–Kier alpha value is -0.170. The van der Waals surface area contributed by atoms with Crippen LogP contribution in [0.15, 0.2) is 10.4 Å². The second-order valence-corrected chi connectivity index (χ2v) is 8.98. The molecule has 0 unspecified atom stereocenters. The molecule has 96 valence electrons. The van der Waals surface area contributed by atoms with Crippen LogP contribution in [-0.2, 0) is 10.0 Å². The SMILES string of the molecule is CC1(C)C(NS(=O)(=O)c2cnc(Cl)s2)C1(C)C. The molecule has 1 fully saturated rings. The highest BCUT2D eigenvalue weighted by Crippen LogP contribution is 2.63. The van der Waals surface area contributed by atoms with E-state index in [0.29, 0.717) is 0 Å². The number of aromatic nitrogens is 1. The fourth-order valence-electron chi connectivity index (χ4n) is 2.07. The van der Waals surface area contributed by atoms with Crippen LogP contribution in [0.25, 0.3) is 0 Å². The van der Waals surface area contributed by atoms with Crippen molar-refractivity contribution in [1.29, 1.82) is 0 Å². The highest BCUT2D eigenvalue weighted by atomic mass is 35.5. The van der Waals surface area contributed by atoms with E-state index in [0.717, 1.165) is 11.3 Å². The first-order valence-corrected chi connectivity index (χ1v) is 7.90. The minimum absolute atomic E-state index is 0.0332. The number of halogens is 1.